The van der Waals surface area contributed by atoms with Crippen LogP contribution in [0.5, 0.6) is 0 Å². The zero-order chi connectivity index (χ0) is 22.0. The highest BCUT2D eigenvalue weighted by atomic mass is 16.6. The average Bonchev–Trinajstić information content (AvgIpc) is 3.06. The molecule has 1 saturated heterocycles. The maximum absolute atomic E-state index is 13.6. The van der Waals surface area contributed by atoms with Gasteiger partial charge in [-0.1, -0.05) is 74.5 Å². The molecule has 2 aromatic carbocycles. The van der Waals surface area contributed by atoms with E-state index < -0.39 is 18.0 Å². The van der Waals surface area contributed by atoms with Crippen molar-refractivity contribution in [2.75, 3.05) is 6.61 Å². The van der Waals surface area contributed by atoms with Crippen molar-refractivity contribution in [3.05, 3.63) is 77.9 Å². The summed E-state index contributed by atoms with van der Waals surface area (Å²) in [6, 6.07) is 19.5. The maximum Gasteiger partial charge on any atom is 0.347 e. The Labute approximate surface area is 183 Å². The first-order chi connectivity index (χ1) is 15.0. The first-order valence-corrected chi connectivity index (χ1v) is 11.0. The molecule has 2 aliphatic heterocycles. The minimum absolute atomic E-state index is 0.0404. The van der Waals surface area contributed by atoms with E-state index in [4.69, 9.17) is 9.47 Å². The predicted octanol–water partition coefficient (Wildman–Crippen LogP) is 4.29. The van der Waals surface area contributed by atoms with E-state index in [0.29, 0.717) is 12.3 Å². The van der Waals surface area contributed by atoms with Crippen LogP contribution < -0.4 is 0 Å². The van der Waals surface area contributed by atoms with Gasteiger partial charge in [-0.05, 0) is 24.5 Å². The summed E-state index contributed by atoms with van der Waals surface area (Å²) < 4.78 is 11.6. The Balaban J connectivity index is 1.75. The molecule has 4 atom stereocenters. The van der Waals surface area contributed by atoms with Gasteiger partial charge in [0.15, 0.2) is 0 Å². The molecule has 2 heterocycles. The third-order valence-electron chi connectivity index (χ3n) is 6.13. The lowest BCUT2D eigenvalue weighted by Gasteiger charge is -2.37. The molecule has 0 aromatic heterocycles. The van der Waals surface area contributed by atoms with Gasteiger partial charge in [0.1, 0.15) is 5.76 Å². The van der Waals surface area contributed by atoms with Crippen molar-refractivity contribution in [1.29, 1.82) is 0 Å². The summed E-state index contributed by atoms with van der Waals surface area (Å²) in [6.45, 7) is 6.76. The number of nitrogens with zero attached hydrogens (tertiary/aromatic N) is 1. The summed E-state index contributed by atoms with van der Waals surface area (Å²) in [5.41, 5.74) is 1.92. The number of carbonyl (C=O) groups excluding carboxylic acids is 2. The summed E-state index contributed by atoms with van der Waals surface area (Å²) in [5, 5.41) is 0. The molecule has 0 radical (unpaired) electrons. The second kappa shape index (κ2) is 8.96. The first-order valence-electron chi connectivity index (χ1n) is 11.0. The lowest BCUT2D eigenvalue weighted by molar-refractivity contribution is -0.158. The Morgan fingerprint density at radius 2 is 1.71 bits per heavy atom. The van der Waals surface area contributed by atoms with Crippen molar-refractivity contribution in [3.8, 4) is 0 Å². The second-order valence-corrected chi connectivity index (χ2v) is 8.48. The predicted molar refractivity (Wildman–Crippen MR) is 119 cm³/mol. The zero-order valence-corrected chi connectivity index (χ0v) is 18.2. The third kappa shape index (κ3) is 4.09. The minimum atomic E-state index is -0.817. The standard InChI is InChI=1S/C26H29NO4/c1-4-30-26(29)24-22-20(15-21(31-24)19-13-9-6-10-14-19)25(28)27(23(22)17(2)3)16-18-11-7-5-8-12-18/h5-15,17,20,22-24H,4,16H2,1-3H3/t20-,22-,23+,24+/m1/s1. The van der Waals surface area contributed by atoms with Crippen molar-refractivity contribution < 1.29 is 19.1 Å². The van der Waals surface area contributed by atoms with E-state index in [1.54, 1.807) is 6.92 Å². The van der Waals surface area contributed by atoms with Crippen molar-refractivity contribution in [2.24, 2.45) is 17.8 Å². The van der Waals surface area contributed by atoms with Crippen molar-refractivity contribution in [3.63, 3.8) is 0 Å². The molecule has 0 saturated carbocycles. The van der Waals surface area contributed by atoms with Gasteiger partial charge >= 0.3 is 5.97 Å². The van der Waals surface area contributed by atoms with E-state index in [-0.39, 0.29) is 30.4 Å². The van der Waals surface area contributed by atoms with Gasteiger partial charge < -0.3 is 14.4 Å². The lowest BCUT2D eigenvalue weighted by Crippen LogP contribution is -2.47. The van der Waals surface area contributed by atoms with Gasteiger partial charge in [-0.2, -0.15) is 0 Å². The lowest BCUT2D eigenvalue weighted by atomic mass is 9.78. The van der Waals surface area contributed by atoms with E-state index in [1.165, 1.54) is 0 Å². The first kappa shape index (κ1) is 21.2. The largest absolute Gasteiger partial charge is 0.478 e. The number of ether oxygens (including phenoxy) is 2. The SMILES string of the molecule is CCOC(=O)[C@H]1OC(c2ccccc2)=C[C@H]2C(=O)N(Cc3ccccc3)[C@@H](C(C)C)[C@H]12. The fourth-order valence-electron chi connectivity index (χ4n) is 4.85. The Morgan fingerprint density at radius 3 is 2.32 bits per heavy atom. The van der Waals surface area contributed by atoms with E-state index in [1.807, 2.05) is 71.6 Å². The molecule has 0 unspecified atom stereocenters. The van der Waals surface area contributed by atoms with Crippen LogP contribution in [-0.2, 0) is 25.6 Å². The topological polar surface area (TPSA) is 55.8 Å². The van der Waals surface area contributed by atoms with Crippen LogP contribution in [0, 0.1) is 17.8 Å². The Bertz CT molecular complexity index is 954. The molecular formula is C26H29NO4. The average molecular weight is 420 g/mol. The smallest absolute Gasteiger partial charge is 0.347 e. The Morgan fingerprint density at radius 1 is 1.06 bits per heavy atom. The van der Waals surface area contributed by atoms with Crippen molar-refractivity contribution in [1.82, 2.24) is 4.90 Å². The molecule has 0 bridgehead atoms. The van der Waals surface area contributed by atoms with Gasteiger partial charge in [0.05, 0.1) is 12.5 Å². The van der Waals surface area contributed by atoms with Gasteiger partial charge in [0, 0.05) is 24.1 Å². The fraction of sp³-hybridized carbons (Fsp3) is 0.385. The minimum Gasteiger partial charge on any atom is -0.478 e. The molecule has 5 nitrogen and oxygen atoms in total. The molecule has 0 spiro atoms. The van der Waals surface area contributed by atoms with Crippen molar-refractivity contribution >= 4 is 17.6 Å². The molecular weight excluding hydrogens is 390 g/mol. The third-order valence-corrected chi connectivity index (χ3v) is 6.13. The number of fused-ring (bicyclic) bond motifs is 1. The van der Waals surface area contributed by atoms with Gasteiger partial charge in [0.25, 0.3) is 0 Å². The van der Waals surface area contributed by atoms with Crippen LogP contribution in [-0.4, -0.2) is 35.5 Å². The number of hydrogen-bond donors (Lipinski definition) is 0. The maximum atomic E-state index is 13.6. The van der Waals surface area contributed by atoms with Crippen LogP contribution in [0.25, 0.3) is 5.76 Å². The van der Waals surface area contributed by atoms with Crippen LogP contribution in [0.3, 0.4) is 0 Å². The van der Waals surface area contributed by atoms with Crippen LogP contribution in [0.15, 0.2) is 66.7 Å². The summed E-state index contributed by atoms with van der Waals surface area (Å²) >= 11 is 0. The highest BCUT2D eigenvalue weighted by Gasteiger charge is 2.56. The van der Waals surface area contributed by atoms with E-state index in [2.05, 4.69) is 13.8 Å². The van der Waals surface area contributed by atoms with Crippen molar-refractivity contribution in [2.45, 2.75) is 39.5 Å². The molecule has 2 aromatic rings. The van der Waals surface area contributed by atoms with E-state index >= 15 is 0 Å². The number of likely N-dealkylation sites (tertiary alicyclic amines) is 1. The van der Waals surface area contributed by atoms with Gasteiger partial charge in [0.2, 0.25) is 12.0 Å². The molecule has 162 valence electrons. The molecule has 4 rings (SSSR count). The number of amides is 1. The molecule has 1 fully saturated rings. The molecule has 1 amide bonds. The van der Waals surface area contributed by atoms with E-state index in [0.717, 1.165) is 11.1 Å². The van der Waals surface area contributed by atoms with Gasteiger partial charge in [-0.15, -0.1) is 0 Å². The number of esters is 1. The molecule has 0 aliphatic carbocycles. The quantitative estimate of drug-likeness (QED) is 0.656. The highest BCUT2D eigenvalue weighted by Crippen LogP contribution is 2.45. The van der Waals surface area contributed by atoms with Gasteiger partial charge in [-0.25, -0.2) is 4.79 Å². The van der Waals surface area contributed by atoms with Crippen LogP contribution >= 0.6 is 0 Å². The fourth-order valence-corrected chi connectivity index (χ4v) is 4.85. The number of carbonyl (C=O) groups is 2. The van der Waals surface area contributed by atoms with E-state index in [9.17, 15) is 9.59 Å². The normalized spacial score (nSPS) is 25.1. The monoisotopic (exact) mass is 419 g/mol. The summed E-state index contributed by atoms with van der Waals surface area (Å²) in [6.07, 6.45) is 1.08. The Hall–Kier alpha value is -3.08. The molecule has 31 heavy (non-hydrogen) atoms. The summed E-state index contributed by atoms with van der Waals surface area (Å²) in [7, 11) is 0. The number of rotatable bonds is 6. The van der Waals surface area contributed by atoms with Crippen LogP contribution in [0.2, 0.25) is 0 Å². The number of hydrogen-bond acceptors (Lipinski definition) is 4. The highest BCUT2D eigenvalue weighted by molar-refractivity contribution is 5.89. The zero-order valence-electron chi connectivity index (χ0n) is 18.2. The molecule has 2 aliphatic rings. The van der Waals surface area contributed by atoms with Gasteiger partial charge in [-0.3, -0.25) is 4.79 Å². The van der Waals surface area contributed by atoms with Crippen LogP contribution in [0.1, 0.15) is 31.9 Å². The summed E-state index contributed by atoms with van der Waals surface area (Å²) in [4.78, 5) is 28.5. The Kier molecular flexibility index (Phi) is 6.12. The number of benzene rings is 2. The molecule has 0 N–H and O–H groups in total. The second-order valence-electron chi connectivity index (χ2n) is 8.48. The molecule has 5 heteroatoms. The summed E-state index contributed by atoms with van der Waals surface area (Å²) in [5.74, 6) is -0.345. The van der Waals surface area contributed by atoms with Crippen LogP contribution in [0.4, 0.5) is 0 Å².